The number of hydrogen-bond donors (Lipinski definition) is 0. The fourth-order valence-electron chi connectivity index (χ4n) is 3.00. The highest BCUT2D eigenvalue weighted by molar-refractivity contribution is 7.99. The molecule has 0 unspecified atom stereocenters. The van der Waals surface area contributed by atoms with Crippen molar-refractivity contribution in [3.63, 3.8) is 0 Å². The van der Waals surface area contributed by atoms with Crippen LogP contribution in [-0.4, -0.2) is 57.9 Å². The standard InChI is InChI=1S/C19H18ClN5O2S/c20-16-4-2-1-3-15(16)18-22-23-19(27-18)28-13-17(26)25-11-9-24(10-12-25)14-5-7-21-8-6-14/h1-8H,9-13H2. The summed E-state index contributed by atoms with van der Waals surface area (Å²) < 4.78 is 5.63. The fraction of sp³-hybridized carbons (Fsp3) is 0.263. The van der Waals surface area contributed by atoms with Gasteiger partial charge in [-0.1, -0.05) is 35.5 Å². The molecule has 0 radical (unpaired) electrons. The van der Waals surface area contributed by atoms with Crippen LogP contribution >= 0.6 is 23.4 Å². The average molecular weight is 416 g/mol. The Morgan fingerprint density at radius 3 is 2.57 bits per heavy atom. The summed E-state index contributed by atoms with van der Waals surface area (Å²) in [4.78, 5) is 20.7. The third kappa shape index (κ3) is 4.28. The zero-order chi connectivity index (χ0) is 19.3. The molecule has 0 bridgehead atoms. The SMILES string of the molecule is O=C(CSc1nnc(-c2ccccc2Cl)o1)N1CCN(c2ccncc2)CC1. The Labute approximate surface area is 171 Å². The van der Waals surface area contributed by atoms with E-state index in [1.54, 1.807) is 18.5 Å². The van der Waals surface area contributed by atoms with E-state index in [4.69, 9.17) is 16.0 Å². The lowest BCUT2D eigenvalue weighted by molar-refractivity contribution is -0.128. The summed E-state index contributed by atoms with van der Waals surface area (Å²) in [5, 5.41) is 8.93. The van der Waals surface area contributed by atoms with Gasteiger partial charge in [-0.3, -0.25) is 9.78 Å². The van der Waals surface area contributed by atoms with E-state index in [-0.39, 0.29) is 11.7 Å². The van der Waals surface area contributed by atoms with E-state index in [0.717, 1.165) is 18.8 Å². The maximum absolute atomic E-state index is 12.5. The van der Waals surface area contributed by atoms with Gasteiger partial charge in [-0.05, 0) is 24.3 Å². The first-order valence-corrected chi connectivity index (χ1v) is 10.2. The van der Waals surface area contributed by atoms with Crippen molar-refractivity contribution >= 4 is 35.0 Å². The quantitative estimate of drug-likeness (QED) is 0.592. The Hall–Kier alpha value is -2.58. The molecule has 9 heteroatoms. The van der Waals surface area contributed by atoms with Gasteiger partial charge in [0.25, 0.3) is 5.22 Å². The van der Waals surface area contributed by atoms with Gasteiger partial charge >= 0.3 is 0 Å². The third-order valence-corrected chi connectivity index (χ3v) is 5.62. The lowest BCUT2D eigenvalue weighted by Gasteiger charge is -2.36. The van der Waals surface area contributed by atoms with Crippen LogP contribution in [0.4, 0.5) is 5.69 Å². The summed E-state index contributed by atoms with van der Waals surface area (Å²) in [5.41, 5.74) is 1.82. The number of anilines is 1. The van der Waals surface area contributed by atoms with Gasteiger partial charge in [0, 0.05) is 44.3 Å². The monoisotopic (exact) mass is 415 g/mol. The number of halogens is 1. The smallest absolute Gasteiger partial charge is 0.277 e. The Bertz CT molecular complexity index is 944. The molecule has 4 rings (SSSR count). The number of thioether (sulfide) groups is 1. The highest BCUT2D eigenvalue weighted by atomic mass is 35.5. The molecule has 2 aromatic heterocycles. The largest absolute Gasteiger partial charge is 0.411 e. The van der Waals surface area contributed by atoms with Crippen LogP contribution in [0.25, 0.3) is 11.5 Å². The summed E-state index contributed by atoms with van der Waals surface area (Å²) in [5.74, 6) is 0.683. The number of carbonyl (C=O) groups is 1. The van der Waals surface area contributed by atoms with Crippen molar-refractivity contribution in [2.24, 2.45) is 0 Å². The van der Waals surface area contributed by atoms with Gasteiger partial charge in [0.1, 0.15) is 0 Å². The summed E-state index contributed by atoms with van der Waals surface area (Å²) in [6, 6.07) is 11.2. The van der Waals surface area contributed by atoms with Crippen molar-refractivity contribution in [2.75, 3.05) is 36.8 Å². The maximum atomic E-state index is 12.5. The van der Waals surface area contributed by atoms with Crippen LogP contribution < -0.4 is 4.90 Å². The topological polar surface area (TPSA) is 75.4 Å². The van der Waals surface area contributed by atoms with Gasteiger partial charge in [-0.15, -0.1) is 10.2 Å². The zero-order valence-corrected chi connectivity index (χ0v) is 16.6. The highest BCUT2D eigenvalue weighted by Gasteiger charge is 2.22. The number of hydrogen-bond acceptors (Lipinski definition) is 7. The predicted octanol–water partition coefficient (Wildman–Crippen LogP) is 3.23. The van der Waals surface area contributed by atoms with Crippen molar-refractivity contribution in [1.29, 1.82) is 0 Å². The molecule has 0 aliphatic carbocycles. The molecule has 1 fully saturated rings. The molecule has 7 nitrogen and oxygen atoms in total. The molecule has 1 aromatic carbocycles. The average Bonchev–Trinajstić information content (AvgIpc) is 3.22. The Morgan fingerprint density at radius 1 is 1.07 bits per heavy atom. The van der Waals surface area contributed by atoms with Crippen LogP contribution in [0.15, 0.2) is 58.4 Å². The molecule has 0 spiro atoms. The second-order valence-electron chi connectivity index (χ2n) is 6.21. The van der Waals surface area contributed by atoms with Gasteiger partial charge < -0.3 is 14.2 Å². The van der Waals surface area contributed by atoms with Gasteiger partial charge in [0.2, 0.25) is 11.8 Å². The summed E-state index contributed by atoms with van der Waals surface area (Å²) in [6.07, 6.45) is 3.57. The van der Waals surface area contributed by atoms with Crippen LogP contribution in [0.1, 0.15) is 0 Å². The summed E-state index contributed by atoms with van der Waals surface area (Å²) >= 11 is 7.39. The second-order valence-corrected chi connectivity index (χ2v) is 7.55. The molecule has 1 aliphatic rings. The molecule has 144 valence electrons. The maximum Gasteiger partial charge on any atom is 0.277 e. The van der Waals surface area contributed by atoms with Crippen molar-refractivity contribution in [1.82, 2.24) is 20.1 Å². The summed E-state index contributed by atoms with van der Waals surface area (Å²) in [7, 11) is 0. The number of benzene rings is 1. The number of nitrogens with zero attached hydrogens (tertiary/aromatic N) is 5. The zero-order valence-electron chi connectivity index (χ0n) is 15.0. The molecule has 1 amide bonds. The van der Waals surface area contributed by atoms with Crippen molar-refractivity contribution < 1.29 is 9.21 Å². The number of amides is 1. The molecular formula is C19H18ClN5O2S. The summed E-state index contributed by atoms with van der Waals surface area (Å²) in [6.45, 7) is 2.99. The minimum absolute atomic E-state index is 0.0665. The molecular weight excluding hydrogens is 398 g/mol. The van der Waals surface area contributed by atoms with Crippen LogP contribution in [0.2, 0.25) is 5.02 Å². The number of pyridine rings is 1. The lowest BCUT2D eigenvalue weighted by atomic mass is 10.2. The Morgan fingerprint density at radius 2 is 1.82 bits per heavy atom. The molecule has 1 saturated heterocycles. The van der Waals surface area contributed by atoms with E-state index in [9.17, 15) is 4.79 Å². The van der Waals surface area contributed by atoms with E-state index in [1.165, 1.54) is 11.8 Å². The lowest BCUT2D eigenvalue weighted by Crippen LogP contribution is -2.49. The normalized spacial score (nSPS) is 14.3. The minimum atomic E-state index is 0.0665. The molecule has 1 aliphatic heterocycles. The second kappa shape index (κ2) is 8.62. The fourth-order valence-corrected chi connectivity index (χ4v) is 3.88. The first-order valence-electron chi connectivity index (χ1n) is 8.84. The third-order valence-electron chi connectivity index (χ3n) is 4.49. The Kier molecular flexibility index (Phi) is 5.78. The minimum Gasteiger partial charge on any atom is -0.411 e. The van der Waals surface area contributed by atoms with Crippen LogP contribution in [-0.2, 0) is 4.79 Å². The van der Waals surface area contributed by atoms with Crippen LogP contribution in [0, 0.1) is 0 Å². The molecule has 0 saturated carbocycles. The van der Waals surface area contributed by atoms with Crippen molar-refractivity contribution in [3.8, 4) is 11.5 Å². The Balaban J connectivity index is 1.29. The molecule has 28 heavy (non-hydrogen) atoms. The molecule has 3 aromatic rings. The van der Waals surface area contributed by atoms with Crippen molar-refractivity contribution in [3.05, 3.63) is 53.8 Å². The van der Waals surface area contributed by atoms with E-state index in [0.29, 0.717) is 34.8 Å². The first kappa shape index (κ1) is 18.8. The number of carbonyl (C=O) groups excluding carboxylic acids is 1. The van der Waals surface area contributed by atoms with Crippen LogP contribution in [0.3, 0.4) is 0 Å². The van der Waals surface area contributed by atoms with E-state index in [1.807, 2.05) is 35.2 Å². The number of piperazine rings is 1. The first-order chi connectivity index (χ1) is 13.7. The van der Waals surface area contributed by atoms with E-state index in [2.05, 4.69) is 20.1 Å². The predicted molar refractivity (Wildman–Crippen MR) is 108 cm³/mol. The molecule has 0 atom stereocenters. The van der Waals surface area contributed by atoms with Gasteiger partial charge in [0.05, 0.1) is 16.3 Å². The molecule has 3 heterocycles. The van der Waals surface area contributed by atoms with E-state index >= 15 is 0 Å². The van der Waals surface area contributed by atoms with Gasteiger partial charge in [-0.2, -0.15) is 0 Å². The highest BCUT2D eigenvalue weighted by Crippen LogP contribution is 2.28. The van der Waals surface area contributed by atoms with E-state index < -0.39 is 0 Å². The van der Waals surface area contributed by atoms with Crippen LogP contribution in [0.5, 0.6) is 0 Å². The number of rotatable bonds is 5. The van der Waals surface area contributed by atoms with Gasteiger partial charge in [0.15, 0.2) is 0 Å². The number of aromatic nitrogens is 3. The molecule has 0 N–H and O–H groups in total. The van der Waals surface area contributed by atoms with Gasteiger partial charge in [-0.25, -0.2) is 0 Å². The van der Waals surface area contributed by atoms with Crippen molar-refractivity contribution in [2.45, 2.75) is 5.22 Å².